The minimum atomic E-state index is -4.75. The average Bonchev–Trinajstić information content (AvgIpc) is 2.55. The predicted molar refractivity (Wildman–Crippen MR) is 88.4 cm³/mol. The van der Waals surface area contributed by atoms with Crippen molar-refractivity contribution in [3.8, 4) is 5.75 Å². The van der Waals surface area contributed by atoms with Crippen LogP contribution in [0.25, 0.3) is 0 Å². The molecule has 2 amide bonds. The van der Waals surface area contributed by atoms with Gasteiger partial charge in [0.25, 0.3) is 0 Å². The van der Waals surface area contributed by atoms with Crippen LogP contribution >= 0.6 is 0 Å². The highest BCUT2D eigenvalue weighted by Crippen LogP contribution is 2.23. The summed E-state index contributed by atoms with van der Waals surface area (Å²) in [6, 6.07) is 4.37. The first-order valence-corrected chi connectivity index (χ1v) is 8.06. The number of hydrogen-bond donors (Lipinski definition) is 2. The first kappa shape index (κ1) is 20.0. The number of halogens is 3. The molecule has 144 valence electrons. The lowest BCUT2D eigenvalue weighted by Gasteiger charge is -2.35. The van der Waals surface area contributed by atoms with Crippen molar-refractivity contribution in [1.82, 2.24) is 9.80 Å². The fourth-order valence-corrected chi connectivity index (χ4v) is 2.56. The van der Waals surface area contributed by atoms with Gasteiger partial charge in [-0.1, -0.05) is 0 Å². The molecule has 1 saturated heterocycles. The monoisotopic (exact) mass is 374 g/mol. The predicted octanol–water partition coefficient (Wildman–Crippen LogP) is 1.02. The Bertz CT molecular complexity index is 627. The summed E-state index contributed by atoms with van der Waals surface area (Å²) in [6.07, 6.45) is -4.75. The highest BCUT2D eigenvalue weighted by molar-refractivity contribution is 5.92. The molecule has 0 aliphatic carbocycles. The summed E-state index contributed by atoms with van der Waals surface area (Å²) in [6.45, 7) is 3.84. The van der Waals surface area contributed by atoms with E-state index in [4.69, 9.17) is 5.73 Å². The van der Waals surface area contributed by atoms with Gasteiger partial charge in [-0.3, -0.25) is 14.5 Å². The molecule has 7 nitrogen and oxygen atoms in total. The van der Waals surface area contributed by atoms with Crippen molar-refractivity contribution >= 4 is 17.5 Å². The van der Waals surface area contributed by atoms with Crippen LogP contribution < -0.4 is 15.8 Å². The van der Waals surface area contributed by atoms with E-state index in [1.165, 1.54) is 12.1 Å². The second-order valence-corrected chi connectivity index (χ2v) is 6.01. The SMILES string of the molecule is CC(N)C(=O)N1CCN(CC(=O)Nc2ccc(OC(F)(F)F)cc2)CC1. The van der Waals surface area contributed by atoms with E-state index in [0.29, 0.717) is 31.9 Å². The zero-order valence-electron chi connectivity index (χ0n) is 14.3. The minimum Gasteiger partial charge on any atom is -0.406 e. The zero-order chi connectivity index (χ0) is 19.3. The van der Waals surface area contributed by atoms with E-state index >= 15 is 0 Å². The fraction of sp³-hybridized carbons (Fsp3) is 0.500. The lowest BCUT2D eigenvalue weighted by Crippen LogP contribution is -2.53. The van der Waals surface area contributed by atoms with Crippen LogP contribution in [0.2, 0.25) is 0 Å². The van der Waals surface area contributed by atoms with Crippen LogP contribution in [0.1, 0.15) is 6.92 Å². The van der Waals surface area contributed by atoms with E-state index in [1.54, 1.807) is 11.8 Å². The fourth-order valence-electron chi connectivity index (χ4n) is 2.56. The number of nitrogens with zero attached hydrogens (tertiary/aromatic N) is 2. The van der Waals surface area contributed by atoms with Crippen molar-refractivity contribution in [2.24, 2.45) is 5.73 Å². The number of ether oxygens (including phenoxy) is 1. The van der Waals surface area contributed by atoms with E-state index in [-0.39, 0.29) is 24.1 Å². The Kier molecular flexibility index (Phi) is 6.43. The maximum absolute atomic E-state index is 12.1. The topological polar surface area (TPSA) is 87.9 Å². The van der Waals surface area contributed by atoms with Crippen LogP contribution in [0, 0.1) is 0 Å². The number of nitrogens with one attached hydrogen (secondary N) is 1. The molecule has 26 heavy (non-hydrogen) atoms. The summed E-state index contributed by atoms with van der Waals surface area (Å²) in [5, 5.41) is 2.61. The molecule has 3 N–H and O–H groups in total. The number of anilines is 1. The molecule has 10 heteroatoms. The maximum Gasteiger partial charge on any atom is 0.573 e. The number of alkyl halides is 3. The number of rotatable bonds is 5. The molecule has 1 fully saturated rings. The molecule has 0 saturated carbocycles. The van der Waals surface area contributed by atoms with Gasteiger partial charge in [0.2, 0.25) is 11.8 Å². The summed E-state index contributed by atoms with van der Waals surface area (Å²) >= 11 is 0. The molecule has 0 aromatic heterocycles. The normalized spacial score (nSPS) is 16.9. The van der Waals surface area contributed by atoms with Crippen LogP contribution in [0.3, 0.4) is 0 Å². The number of amides is 2. The Morgan fingerprint density at radius 3 is 2.27 bits per heavy atom. The number of hydrogen-bond acceptors (Lipinski definition) is 5. The van der Waals surface area contributed by atoms with Gasteiger partial charge in [0, 0.05) is 31.9 Å². The summed E-state index contributed by atoms with van der Waals surface area (Å²) in [4.78, 5) is 27.4. The van der Waals surface area contributed by atoms with E-state index in [2.05, 4.69) is 10.1 Å². The highest BCUT2D eigenvalue weighted by Gasteiger charge is 2.31. The van der Waals surface area contributed by atoms with Gasteiger partial charge < -0.3 is 20.7 Å². The van der Waals surface area contributed by atoms with E-state index in [1.807, 2.05) is 4.90 Å². The molecule has 1 heterocycles. The first-order valence-electron chi connectivity index (χ1n) is 8.06. The Morgan fingerprint density at radius 2 is 1.77 bits per heavy atom. The molecule has 1 aromatic carbocycles. The Hall–Kier alpha value is -2.33. The van der Waals surface area contributed by atoms with Gasteiger partial charge in [0.15, 0.2) is 0 Å². The summed E-state index contributed by atoms with van der Waals surface area (Å²) in [7, 11) is 0. The van der Waals surface area contributed by atoms with Crippen molar-refractivity contribution in [3.63, 3.8) is 0 Å². The summed E-state index contributed by atoms with van der Waals surface area (Å²) in [5.74, 6) is -0.762. The molecule has 1 aromatic rings. The zero-order valence-corrected chi connectivity index (χ0v) is 14.3. The third kappa shape index (κ3) is 6.19. The molecule has 2 rings (SSSR count). The number of carbonyl (C=O) groups is 2. The van der Waals surface area contributed by atoms with Crippen molar-refractivity contribution in [3.05, 3.63) is 24.3 Å². The lowest BCUT2D eigenvalue weighted by molar-refractivity contribution is -0.274. The van der Waals surface area contributed by atoms with E-state index in [0.717, 1.165) is 12.1 Å². The highest BCUT2D eigenvalue weighted by atomic mass is 19.4. The Labute approximate surface area is 148 Å². The molecule has 1 aliphatic heterocycles. The molecule has 1 atom stereocenters. The first-order chi connectivity index (χ1) is 12.1. The van der Waals surface area contributed by atoms with Gasteiger partial charge in [0.05, 0.1) is 12.6 Å². The average molecular weight is 374 g/mol. The molecule has 0 radical (unpaired) electrons. The third-order valence-corrected chi connectivity index (χ3v) is 3.81. The molecule has 0 bridgehead atoms. The Morgan fingerprint density at radius 1 is 1.19 bits per heavy atom. The van der Waals surface area contributed by atoms with Gasteiger partial charge in [-0.15, -0.1) is 13.2 Å². The number of nitrogens with two attached hydrogens (primary N) is 1. The Balaban J connectivity index is 1.78. The molecule has 0 spiro atoms. The largest absolute Gasteiger partial charge is 0.573 e. The molecular formula is C16H21F3N4O3. The van der Waals surface area contributed by atoms with E-state index in [9.17, 15) is 22.8 Å². The van der Waals surface area contributed by atoms with Gasteiger partial charge in [-0.05, 0) is 31.2 Å². The number of benzene rings is 1. The van der Waals surface area contributed by atoms with Crippen LogP contribution in [-0.2, 0) is 9.59 Å². The smallest absolute Gasteiger partial charge is 0.406 e. The van der Waals surface area contributed by atoms with Crippen LogP contribution in [0.5, 0.6) is 5.75 Å². The van der Waals surface area contributed by atoms with Crippen LogP contribution in [0.4, 0.5) is 18.9 Å². The number of carbonyl (C=O) groups excluding carboxylic acids is 2. The third-order valence-electron chi connectivity index (χ3n) is 3.81. The quantitative estimate of drug-likeness (QED) is 0.803. The lowest BCUT2D eigenvalue weighted by atomic mass is 10.2. The van der Waals surface area contributed by atoms with Crippen molar-refractivity contribution < 1.29 is 27.5 Å². The van der Waals surface area contributed by atoms with Crippen LogP contribution in [0.15, 0.2) is 24.3 Å². The van der Waals surface area contributed by atoms with E-state index < -0.39 is 12.4 Å². The van der Waals surface area contributed by atoms with Crippen LogP contribution in [-0.4, -0.2) is 66.7 Å². The van der Waals surface area contributed by atoms with Gasteiger partial charge in [-0.25, -0.2) is 0 Å². The van der Waals surface area contributed by atoms with Crippen molar-refractivity contribution in [1.29, 1.82) is 0 Å². The van der Waals surface area contributed by atoms with Gasteiger partial charge in [-0.2, -0.15) is 0 Å². The molecule has 1 aliphatic rings. The van der Waals surface area contributed by atoms with Crippen molar-refractivity contribution in [2.45, 2.75) is 19.3 Å². The molecule has 1 unspecified atom stereocenters. The van der Waals surface area contributed by atoms with Gasteiger partial charge in [0.1, 0.15) is 5.75 Å². The number of piperazine rings is 1. The van der Waals surface area contributed by atoms with Gasteiger partial charge >= 0.3 is 6.36 Å². The summed E-state index contributed by atoms with van der Waals surface area (Å²) in [5.41, 5.74) is 5.94. The standard InChI is InChI=1S/C16H21F3N4O3/c1-11(20)15(25)23-8-6-22(7-9-23)10-14(24)21-12-2-4-13(5-3-12)26-16(17,18)19/h2-5,11H,6-10,20H2,1H3,(H,21,24). The summed E-state index contributed by atoms with van der Waals surface area (Å²) < 4.78 is 40.1. The molecular weight excluding hydrogens is 353 g/mol. The maximum atomic E-state index is 12.1. The second-order valence-electron chi connectivity index (χ2n) is 6.01. The second kappa shape index (κ2) is 8.37. The van der Waals surface area contributed by atoms with Crippen molar-refractivity contribution in [2.75, 3.05) is 38.0 Å². The minimum absolute atomic E-state index is 0.115.